The molecule has 13 N–H and O–H groups in total. The van der Waals surface area contributed by atoms with Gasteiger partial charge in [0.05, 0.1) is 19.2 Å². The maximum atomic E-state index is 14.6. The zero-order valence-corrected chi connectivity index (χ0v) is 41.5. The van der Waals surface area contributed by atoms with Crippen molar-refractivity contribution in [2.45, 2.75) is 120 Å². The Kier molecular flexibility index (Phi) is 21.4. The van der Waals surface area contributed by atoms with Crippen molar-refractivity contribution in [2.24, 2.45) is 17.4 Å². The van der Waals surface area contributed by atoms with Gasteiger partial charge in [-0.2, -0.15) is 12.6 Å². The Morgan fingerprint density at radius 1 is 0.750 bits per heavy atom. The number of carboxylic acids is 1. The Balaban J connectivity index is 1.33. The van der Waals surface area contributed by atoms with Crippen LogP contribution in [0.2, 0.25) is 0 Å². The van der Waals surface area contributed by atoms with E-state index in [1.165, 1.54) is 9.80 Å². The van der Waals surface area contributed by atoms with Crippen LogP contribution in [0, 0.1) is 5.92 Å². The number of aliphatic hydroxyl groups is 1. The summed E-state index contributed by atoms with van der Waals surface area (Å²) in [6, 6.07) is 6.67. The average molecular weight is 1020 g/mol. The number of nitrogens with zero attached hydrogens (tertiary/aromatic N) is 2. The number of carboxylic acid groups (broad SMARTS) is 1. The summed E-state index contributed by atoms with van der Waals surface area (Å²) in [6.07, 6.45) is 4.18. The first-order valence-corrected chi connectivity index (χ1v) is 25.0. The van der Waals surface area contributed by atoms with E-state index in [0.29, 0.717) is 43.4 Å². The molecule has 72 heavy (non-hydrogen) atoms. The number of benzene rings is 2. The number of fused-ring (bicyclic) bond motifs is 1. The van der Waals surface area contributed by atoms with Gasteiger partial charge in [0, 0.05) is 48.8 Å². The monoisotopic (exact) mass is 1020 g/mol. The molecule has 5 rings (SSSR count). The van der Waals surface area contributed by atoms with Crippen molar-refractivity contribution in [3.05, 3.63) is 71.9 Å². The Morgan fingerprint density at radius 2 is 1.40 bits per heavy atom. The molecule has 1 aromatic heterocycles. The van der Waals surface area contributed by atoms with Crippen molar-refractivity contribution in [1.82, 2.24) is 46.7 Å². The Morgan fingerprint density at radius 3 is 2.07 bits per heavy atom. The number of para-hydroxylation sites is 1. The Bertz CT molecular complexity index is 2390. The lowest BCUT2D eigenvalue weighted by Gasteiger charge is -2.33. The number of unbranched alkanes of at least 4 members (excludes halogenated alkanes) is 1. The molecular weight excluding hydrogens is 951 g/mol. The minimum absolute atomic E-state index is 0.0184. The van der Waals surface area contributed by atoms with E-state index in [9.17, 15) is 53.4 Å². The number of aliphatic carboxylic acids is 1. The molecule has 0 saturated carbocycles. The minimum atomic E-state index is -1.52. The normalized spacial score (nSPS) is 18.0. The smallest absolute Gasteiger partial charge is 0.326 e. The average Bonchev–Trinajstić information content (AvgIpc) is 4.16. The molecule has 0 spiro atoms. The molecule has 392 valence electrons. The number of thiol groups is 1. The topological polar surface area (TPSA) is 341 Å². The number of aliphatic hydroxyl groups excluding tert-OH is 1. The van der Waals surface area contributed by atoms with E-state index in [2.05, 4.69) is 49.5 Å². The molecule has 2 aliphatic heterocycles. The van der Waals surface area contributed by atoms with Crippen LogP contribution in [0.1, 0.15) is 69.9 Å². The third-order valence-electron chi connectivity index (χ3n) is 12.9. The summed E-state index contributed by atoms with van der Waals surface area (Å²) < 4.78 is 0. The number of rotatable bonds is 26. The van der Waals surface area contributed by atoms with Crippen LogP contribution in [-0.4, -0.2) is 165 Å². The molecule has 2 aromatic carbocycles. The van der Waals surface area contributed by atoms with Crippen molar-refractivity contribution >= 4 is 76.8 Å². The van der Waals surface area contributed by atoms with Crippen LogP contribution >= 0.6 is 12.6 Å². The van der Waals surface area contributed by atoms with Crippen molar-refractivity contribution in [2.75, 3.05) is 38.5 Å². The quantitative estimate of drug-likeness (QED) is 0.0326. The maximum absolute atomic E-state index is 14.6. The number of aromatic amines is 1. The Labute approximate surface area is 423 Å². The molecular formula is C49H69N11O11S. The number of carbonyl (C=O) groups is 9. The summed E-state index contributed by atoms with van der Waals surface area (Å²) in [5, 5.41) is 36.2. The lowest BCUT2D eigenvalue weighted by molar-refractivity contribution is -0.148. The van der Waals surface area contributed by atoms with Crippen molar-refractivity contribution in [1.29, 1.82) is 0 Å². The third kappa shape index (κ3) is 15.2. The molecule has 2 aliphatic rings. The fourth-order valence-corrected chi connectivity index (χ4v) is 9.09. The van der Waals surface area contributed by atoms with Crippen LogP contribution in [0.3, 0.4) is 0 Å². The van der Waals surface area contributed by atoms with Gasteiger partial charge in [0.25, 0.3) is 0 Å². The van der Waals surface area contributed by atoms with Crippen LogP contribution in [0.5, 0.6) is 0 Å². The van der Waals surface area contributed by atoms with E-state index in [4.69, 9.17) is 11.5 Å². The maximum Gasteiger partial charge on any atom is 0.326 e. The highest BCUT2D eigenvalue weighted by Crippen LogP contribution is 2.27. The lowest BCUT2D eigenvalue weighted by Crippen LogP contribution is -2.60. The molecule has 8 amide bonds. The minimum Gasteiger partial charge on any atom is -0.480 e. The number of likely N-dealkylation sites (tertiary alicyclic amines) is 2. The molecule has 0 radical (unpaired) electrons. The molecule has 22 nitrogen and oxygen atoms in total. The largest absolute Gasteiger partial charge is 0.480 e. The lowest BCUT2D eigenvalue weighted by atomic mass is 9.99. The van der Waals surface area contributed by atoms with E-state index in [0.717, 1.165) is 10.9 Å². The second kappa shape index (κ2) is 27.3. The fourth-order valence-electron chi connectivity index (χ4n) is 8.92. The highest BCUT2D eigenvalue weighted by molar-refractivity contribution is 7.80. The summed E-state index contributed by atoms with van der Waals surface area (Å²) >= 11 is 3.96. The molecule has 3 aromatic rings. The molecule has 8 atom stereocenters. The first-order valence-electron chi connectivity index (χ1n) is 24.4. The number of nitrogens with two attached hydrogens (primary N) is 2. The van der Waals surface area contributed by atoms with Crippen LogP contribution < -0.4 is 43.4 Å². The molecule has 0 aliphatic carbocycles. The number of hydrogen-bond donors (Lipinski definition) is 12. The van der Waals surface area contributed by atoms with Crippen molar-refractivity contribution in [3.63, 3.8) is 0 Å². The molecule has 2 fully saturated rings. The SMILES string of the molecule is CC(C)[C@H](NC(=O)[C@H](Cc1c[nH]c2ccccc12)NC(=O)[C@@H]1CCCN1C(=O)[C@@H]1CCCN1C(=O)[C@H](Cc1ccccc1)NC(=O)[C@H](CO)NC(=O)CNC(=O)[C@@H](N)CS)C(=O)N[C@@H](CCCCN)C(=O)O. The summed E-state index contributed by atoms with van der Waals surface area (Å²) in [4.78, 5) is 128. The van der Waals surface area contributed by atoms with Crippen molar-refractivity contribution < 1.29 is 53.4 Å². The summed E-state index contributed by atoms with van der Waals surface area (Å²) in [7, 11) is 0. The number of amides is 8. The summed E-state index contributed by atoms with van der Waals surface area (Å²) in [5.41, 5.74) is 13.4. The van der Waals surface area contributed by atoms with Crippen LogP contribution in [0.4, 0.5) is 0 Å². The second-order valence-corrected chi connectivity index (χ2v) is 18.8. The molecule has 2 saturated heterocycles. The third-order valence-corrected chi connectivity index (χ3v) is 13.3. The highest BCUT2D eigenvalue weighted by atomic mass is 32.1. The van der Waals surface area contributed by atoms with E-state index in [1.54, 1.807) is 50.4 Å². The molecule has 23 heteroatoms. The van der Waals surface area contributed by atoms with Crippen LogP contribution in [0.25, 0.3) is 10.9 Å². The van der Waals surface area contributed by atoms with Gasteiger partial charge in [-0.05, 0) is 74.6 Å². The van der Waals surface area contributed by atoms with Gasteiger partial charge in [-0.15, -0.1) is 0 Å². The van der Waals surface area contributed by atoms with Gasteiger partial charge in [0.15, 0.2) is 0 Å². The van der Waals surface area contributed by atoms with Crippen LogP contribution in [0.15, 0.2) is 60.8 Å². The highest BCUT2D eigenvalue weighted by Gasteiger charge is 2.45. The molecule has 0 unspecified atom stereocenters. The van der Waals surface area contributed by atoms with Crippen molar-refractivity contribution in [3.8, 4) is 0 Å². The second-order valence-electron chi connectivity index (χ2n) is 18.5. The first kappa shape index (κ1) is 56.4. The standard InChI is InChI=1S/C49H69N11O11S/c1-28(2)41(46(67)55-34(49(70)71)16-8-9-19-50)58-43(64)35(23-30-24-52-33-15-7-6-14-31(30)33)56-45(66)38-17-10-20-59(38)48(69)39-18-11-21-60(39)47(68)36(22-29-12-4-3-5-13-29)57-44(65)37(26-61)54-40(62)25-53-42(63)32(51)27-72/h3-7,12-15,24,28,32,34-39,41,52,61,72H,8-11,16-23,25-27,50-51H2,1-2H3,(H,53,63)(H,54,62)(H,55,67)(H,56,66)(H,57,65)(H,58,64)(H,70,71)/t32-,34-,35-,36-,37-,38-,39-,41-/m0/s1. The zero-order chi connectivity index (χ0) is 52.5. The van der Waals surface area contributed by atoms with E-state index >= 15 is 0 Å². The molecule has 0 bridgehead atoms. The predicted molar refractivity (Wildman–Crippen MR) is 269 cm³/mol. The number of hydrogen-bond acceptors (Lipinski definition) is 13. The first-order chi connectivity index (χ1) is 34.5. The number of aromatic nitrogens is 1. The van der Waals surface area contributed by atoms with Crippen LogP contribution in [-0.2, 0) is 56.0 Å². The zero-order valence-electron chi connectivity index (χ0n) is 40.6. The van der Waals surface area contributed by atoms with Gasteiger partial charge in [0.2, 0.25) is 47.3 Å². The van der Waals surface area contributed by atoms with Gasteiger partial charge in [-0.25, -0.2) is 4.79 Å². The molecule has 3 heterocycles. The van der Waals surface area contributed by atoms with Gasteiger partial charge in [-0.3, -0.25) is 38.4 Å². The summed E-state index contributed by atoms with van der Waals surface area (Å²) in [6.45, 7) is 2.66. The van der Waals surface area contributed by atoms with E-state index < -0.39 is 121 Å². The van der Waals surface area contributed by atoms with Gasteiger partial charge in [0.1, 0.15) is 42.3 Å². The summed E-state index contributed by atoms with van der Waals surface area (Å²) in [5.74, 6) is -7.22. The van der Waals surface area contributed by atoms with Gasteiger partial charge in [-0.1, -0.05) is 62.4 Å². The Hall–Kier alpha value is -6.56. The van der Waals surface area contributed by atoms with Gasteiger partial charge < -0.3 is 68.4 Å². The van der Waals surface area contributed by atoms with Gasteiger partial charge >= 0.3 is 5.97 Å². The predicted octanol–water partition coefficient (Wildman–Crippen LogP) is -1.41. The number of nitrogens with one attached hydrogen (secondary N) is 7. The number of H-pyrrole nitrogens is 1. The van der Waals surface area contributed by atoms with E-state index in [-0.39, 0.29) is 50.9 Å². The fraction of sp³-hybridized carbons (Fsp3) is 0.531. The van der Waals surface area contributed by atoms with E-state index in [1.807, 2.05) is 24.3 Å². The number of carbonyl (C=O) groups excluding carboxylic acids is 8.